The molecule has 0 radical (unpaired) electrons. The molecule has 0 atom stereocenters. The van der Waals surface area contributed by atoms with E-state index in [0.717, 1.165) is 37.1 Å². The van der Waals surface area contributed by atoms with E-state index in [1.54, 1.807) is 4.68 Å². The third kappa shape index (κ3) is 3.81. The van der Waals surface area contributed by atoms with E-state index in [1.165, 1.54) is 11.1 Å². The zero-order chi connectivity index (χ0) is 15.2. The van der Waals surface area contributed by atoms with Crippen LogP contribution in [0.25, 0.3) is 0 Å². The summed E-state index contributed by atoms with van der Waals surface area (Å²) in [6, 6.07) is 10.1. The van der Waals surface area contributed by atoms with Gasteiger partial charge in [-0.05, 0) is 44.2 Å². The average Bonchev–Trinajstić information content (AvgIpc) is 2.79. The molecule has 112 valence electrons. The highest BCUT2D eigenvalue weighted by molar-refractivity contribution is 5.79. The second-order valence-electron chi connectivity index (χ2n) is 5.54. The number of rotatable bonds is 6. The van der Waals surface area contributed by atoms with E-state index in [1.807, 2.05) is 32.0 Å². The molecule has 3 nitrogen and oxygen atoms in total. The number of hydrogen-bond acceptors (Lipinski definition) is 2. The van der Waals surface area contributed by atoms with Crippen LogP contribution in [0.5, 0.6) is 0 Å². The van der Waals surface area contributed by atoms with E-state index in [-0.39, 0.29) is 5.91 Å². The van der Waals surface area contributed by atoms with Crippen molar-refractivity contribution in [3.05, 3.63) is 52.8 Å². The van der Waals surface area contributed by atoms with Gasteiger partial charge in [0.1, 0.15) is 0 Å². The maximum atomic E-state index is 12.4. The van der Waals surface area contributed by atoms with E-state index >= 15 is 0 Å². The Morgan fingerprint density at radius 2 is 1.86 bits per heavy atom. The average molecular weight is 284 g/mol. The molecule has 0 aliphatic rings. The van der Waals surface area contributed by atoms with Crippen molar-refractivity contribution in [1.29, 1.82) is 0 Å². The predicted molar refractivity (Wildman–Crippen MR) is 85.7 cm³/mol. The van der Waals surface area contributed by atoms with Crippen LogP contribution in [-0.2, 0) is 12.8 Å². The van der Waals surface area contributed by atoms with Crippen LogP contribution in [0.2, 0.25) is 0 Å². The fourth-order valence-corrected chi connectivity index (χ4v) is 2.64. The summed E-state index contributed by atoms with van der Waals surface area (Å²) in [7, 11) is 0. The fourth-order valence-electron chi connectivity index (χ4n) is 2.64. The molecule has 0 N–H and O–H groups in total. The van der Waals surface area contributed by atoms with E-state index in [2.05, 4.69) is 24.2 Å². The van der Waals surface area contributed by atoms with Crippen LogP contribution < -0.4 is 0 Å². The summed E-state index contributed by atoms with van der Waals surface area (Å²) < 4.78 is 1.60. The Balaban J connectivity index is 2.05. The Morgan fingerprint density at radius 1 is 1.14 bits per heavy atom. The van der Waals surface area contributed by atoms with Gasteiger partial charge in [-0.15, -0.1) is 0 Å². The van der Waals surface area contributed by atoms with Crippen LogP contribution >= 0.6 is 0 Å². The minimum Gasteiger partial charge on any atom is -0.273 e. The zero-order valence-electron chi connectivity index (χ0n) is 13.2. The van der Waals surface area contributed by atoms with Crippen molar-refractivity contribution in [3.8, 4) is 0 Å². The first kappa shape index (κ1) is 15.5. The molecule has 0 aliphatic carbocycles. The van der Waals surface area contributed by atoms with Crippen molar-refractivity contribution in [3.63, 3.8) is 0 Å². The van der Waals surface area contributed by atoms with Gasteiger partial charge in [0.15, 0.2) is 0 Å². The van der Waals surface area contributed by atoms with Gasteiger partial charge in [-0.1, -0.05) is 43.7 Å². The van der Waals surface area contributed by atoms with Gasteiger partial charge in [0.25, 0.3) is 0 Å². The summed E-state index contributed by atoms with van der Waals surface area (Å²) in [6.45, 7) is 6.19. The fraction of sp³-hybridized carbons (Fsp3) is 0.444. The second kappa shape index (κ2) is 7.21. The largest absolute Gasteiger partial charge is 0.273 e. The molecule has 2 aromatic rings. The molecule has 0 aliphatic heterocycles. The molecule has 0 amide bonds. The molecule has 3 heteroatoms. The van der Waals surface area contributed by atoms with Gasteiger partial charge in [0.05, 0.1) is 5.69 Å². The summed E-state index contributed by atoms with van der Waals surface area (Å²) in [5.74, 6) is 0.0854. The number of carbonyl (C=O) groups excluding carboxylic acids is 1. The van der Waals surface area contributed by atoms with Gasteiger partial charge in [0, 0.05) is 12.1 Å². The van der Waals surface area contributed by atoms with Crippen LogP contribution in [0, 0.1) is 13.8 Å². The number of carbonyl (C=O) groups is 1. The topological polar surface area (TPSA) is 34.9 Å². The zero-order valence-corrected chi connectivity index (χ0v) is 13.2. The van der Waals surface area contributed by atoms with Crippen LogP contribution in [0.15, 0.2) is 30.3 Å². The molecule has 1 aromatic carbocycles. The van der Waals surface area contributed by atoms with Crippen LogP contribution in [0.4, 0.5) is 0 Å². The Morgan fingerprint density at radius 3 is 2.52 bits per heavy atom. The minimum atomic E-state index is 0.0854. The summed E-state index contributed by atoms with van der Waals surface area (Å²) in [6.07, 6.45) is 4.58. The number of hydrogen-bond donors (Lipinski definition) is 0. The second-order valence-corrected chi connectivity index (χ2v) is 5.54. The van der Waals surface area contributed by atoms with Gasteiger partial charge >= 0.3 is 0 Å². The van der Waals surface area contributed by atoms with E-state index < -0.39 is 0 Å². The highest BCUT2D eigenvalue weighted by Gasteiger charge is 2.15. The number of unbranched alkanes of at least 4 members (excludes halogenated alkanes) is 1. The lowest BCUT2D eigenvalue weighted by atomic mass is 10.1. The van der Waals surface area contributed by atoms with Crippen molar-refractivity contribution in [2.24, 2.45) is 0 Å². The Bertz CT molecular complexity index is 599. The van der Waals surface area contributed by atoms with Crippen molar-refractivity contribution < 1.29 is 4.79 Å². The smallest absolute Gasteiger partial charge is 0.247 e. The Hall–Kier alpha value is -1.90. The molecule has 0 saturated heterocycles. The maximum absolute atomic E-state index is 12.4. The lowest BCUT2D eigenvalue weighted by molar-refractivity contribution is 0.0884. The van der Waals surface area contributed by atoms with Crippen molar-refractivity contribution in [2.75, 3.05) is 0 Å². The van der Waals surface area contributed by atoms with Crippen molar-refractivity contribution in [1.82, 2.24) is 9.78 Å². The predicted octanol–water partition coefficient (Wildman–Crippen LogP) is 4.12. The Labute approximate surface area is 127 Å². The molecule has 2 rings (SSSR count). The summed E-state index contributed by atoms with van der Waals surface area (Å²) in [4.78, 5) is 12.4. The lowest BCUT2D eigenvalue weighted by Crippen LogP contribution is -2.15. The number of benzene rings is 1. The third-order valence-electron chi connectivity index (χ3n) is 3.93. The number of nitrogens with zero attached hydrogens (tertiary/aromatic N) is 2. The lowest BCUT2D eigenvalue weighted by Gasteiger charge is -2.05. The van der Waals surface area contributed by atoms with Crippen molar-refractivity contribution in [2.45, 2.75) is 52.9 Å². The highest BCUT2D eigenvalue weighted by Crippen LogP contribution is 2.16. The van der Waals surface area contributed by atoms with E-state index in [4.69, 9.17) is 0 Å². The monoisotopic (exact) mass is 284 g/mol. The number of aromatic nitrogens is 2. The van der Waals surface area contributed by atoms with Gasteiger partial charge < -0.3 is 0 Å². The molecule has 21 heavy (non-hydrogen) atoms. The van der Waals surface area contributed by atoms with Gasteiger partial charge in [-0.2, -0.15) is 5.10 Å². The van der Waals surface area contributed by atoms with E-state index in [0.29, 0.717) is 6.42 Å². The quantitative estimate of drug-likeness (QED) is 0.800. The molecule has 0 fully saturated rings. The molecule has 0 spiro atoms. The van der Waals surface area contributed by atoms with Crippen LogP contribution in [-0.4, -0.2) is 15.7 Å². The molecule has 1 aromatic heterocycles. The summed E-state index contributed by atoms with van der Waals surface area (Å²) >= 11 is 0. The molecular weight excluding hydrogens is 260 g/mol. The minimum absolute atomic E-state index is 0.0854. The normalized spacial score (nSPS) is 10.8. The number of aryl methyl sites for hydroxylation is 2. The molecular formula is C18H24N2O. The standard InChI is InChI=1S/C18H24N2O/c1-4-5-11-17-14(2)19-20(15(17)3)18(21)13-12-16-9-7-6-8-10-16/h6-10H,4-5,11-13H2,1-3H3. The summed E-state index contributed by atoms with van der Waals surface area (Å²) in [5, 5.41) is 4.44. The van der Waals surface area contributed by atoms with Crippen molar-refractivity contribution >= 4 is 5.91 Å². The van der Waals surface area contributed by atoms with Crippen LogP contribution in [0.3, 0.4) is 0 Å². The Kier molecular flexibility index (Phi) is 5.32. The first-order chi connectivity index (χ1) is 10.1. The first-order valence-corrected chi connectivity index (χ1v) is 7.75. The molecule has 0 bridgehead atoms. The van der Waals surface area contributed by atoms with Gasteiger partial charge in [0.2, 0.25) is 5.91 Å². The van der Waals surface area contributed by atoms with Gasteiger partial charge in [-0.25, -0.2) is 4.68 Å². The van der Waals surface area contributed by atoms with Crippen LogP contribution in [0.1, 0.15) is 53.5 Å². The molecule has 0 saturated carbocycles. The summed E-state index contributed by atoms with van der Waals surface area (Å²) in [5.41, 5.74) is 4.44. The molecule has 1 heterocycles. The van der Waals surface area contributed by atoms with Gasteiger partial charge in [-0.3, -0.25) is 4.79 Å². The molecule has 0 unspecified atom stereocenters. The first-order valence-electron chi connectivity index (χ1n) is 7.75. The van der Waals surface area contributed by atoms with E-state index in [9.17, 15) is 4.79 Å². The third-order valence-corrected chi connectivity index (χ3v) is 3.93. The SMILES string of the molecule is CCCCc1c(C)nn(C(=O)CCc2ccccc2)c1C. The highest BCUT2D eigenvalue weighted by atomic mass is 16.2. The maximum Gasteiger partial charge on any atom is 0.247 e.